The van der Waals surface area contributed by atoms with Crippen molar-refractivity contribution in [2.24, 2.45) is 0 Å². The van der Waals surface area contributed by atoms with Gasteiger partial charge in [-0.15, -0.1) is 0 Å². The smallest absolute Gasteiger partial charge is 0.343 e. The fraction of sp³-hybridized carbons (Fsp3) is 0.216. The van der Waals surface area contributed by atoms with Crippen molar-refractivity contribution in [2.45, 2.75) is 13.5 Å². The number of pyridine rings is 1. The lowest BCUT2D eigenvalue weighted by atomic mass is 10.1. The number of nitrogens with one attached hydrogen (secondary N) is 2. The zero-order chi connectivity index (χ0) is 34.3. The summed E-state index contributed by atoms with van der Waals surface area (Å²) in [6, 6.07) is 20.5. The molecule has 1 saturated heterocycles. The van der Waals surface area contributed by atoms with Gasteiger partial charge in [0.15, 0.2) is 11.5 Å². The summed E-state index contributed by atoms with van der Waals surface area (Å²) in [6.07, 6.45) is 5.11. The number of nitrogens with zero attached hydrogens (tertiary/aromatic N) is 5. The quantitative estimate of drug-likeness (QED) is 0.129. The van der Waals surface area contributed by atoms with Crippen molar-refractivity contribution in [2.75, 3.05) is 51.0 Å². The van der Waals surface area contributed by atoms with Crippen molar-refractivity contribution in [1.82, 2.24) is 24.8 Å². The molecule has 0 radical (unpaired) electrons. The molecule has 3 aromatic carbocycles. The molecule has 6 rings (SSSR count). The number of carbonyl (C=O) groups excluding carboxylic acids is 2. The van der Waals surface area contributed by atoms with Crippen LogP contribution in [-0.4, -0.2) is 82.1 Å². The second-order valence-electron chi connectivity index (χ2n) is 11.8. The number of aromatic hydroxyl groups is 1. The number of ether oxygens (including phenoxy) is 2. The van der Waals surface area contributed by atoms with Crippen molar-refractivity contribution in [1.29, 1.82) is 0 Å². The molecule has 0 spiro atoms. The lowest BCUT2D eigenvalue weighted by Gasteiger charge is -2.32. The molecule has 1 fully saturated rings. The summed E-state index contributed by atoms with van der Waals surface area (Å²) >= 11 is 0. The number of phenols is 1. The van der Waals surface area contributed by atoms with E-state index >= 15 is 0 Å². The topological polar surface area (TPSA) is 142 Å². The first-order valence-electron chi connectivity index (χ1n) is 15.8. The van der Waals surface area contributed by atoms with E-state index in [1.165, 1.54) is 25.3 Å². The van der Waals surface area contributed by atoms with Crippen LogP contribution in [0.25, 0.3) is 11.3 Å². The van der Waals surface area contributed by atoms with Gasteiger partial charge in [-0.25, -0.2) is 14.8 Å². The summed E-state index contributed by atoms with van der Waals surface area (Å²) < 4.78 is 11.0. The molecule has 1 aliphatic heterocycles. The van der Waals surface area contributed by atoms with E-state index in [0.717, 1.165) is 48.6 Å². The van der Waals surface area contributed by atoms with E-state index in [1.807, 2.05) is 37.3 Å². The highest BCUT2D eigenvalue weighted by atomic mass is 16.5. The minimum Gasteiger partial charge on any atom is -0.504 e. The third-order valence-electron chi connectivity index (χ3n) is 8.27. The summed E-state index contributed by atoms with van der Waals surface area (Å²) in [7, 11) is 3.50. The Balaban J connectivity index is 1.24. The minimum atomic E-state index is -0.695. The van der Waals surface area contributed by atoms with E-state index in [1.54, 1.807) is 42.9 Å². The second kappa shape index (κ2) is 14.9. The SMILES string of the molecule is COc1cc(C(=O)Oc2cc(CN3CCN(C)CC3)ccc2C(=O)Nc2ccc(C)c(Nc3nccc(-c4cccnc4)n3)c2)ccc1O. The monoisotopic (exact) mass is 659 g/mol. The fourth-order valence-corrected chi connectivity index (χ4v) is 5.41. The molecule has 0 atom stereocenters. The van der Waals surface area contributed by atoms with Crippen LogP contribution in [0.3, 0.4) is 0 Å². The molecule has 3 heterocycles. The predicted octanol–water partition coefficient (Wildman–Crippen LogP) is 5.52. The maximum atomic E-state index is 13.8. The van der Waals surface area contributed by atoms with E-state index in [2.05, 4.69) is 42.4 Å². The number of esters is 1. The molecule has 1 amide bonds. The molecule has 0 aliphatic carbocycles. The maximum absolute atomic E-state index is 13.8. The van der Waals surface area contributed by atoms with Gasteiger partial charge < -0.3 is 30.1 Å². The largest absolute Gasteiger partial charge is 0.504 e. The van der Waals surface area contributed by atoms with Gasteiger partial charge in [-0.3, -0.25) is 14.7 Å². The van der Waals surface area contributed by atoms with Crippen LogP contribution >= 0.6 is 0 Å². The lowest BCUT2D eigenvalue weighted by Crippen LogP contribution is -2.43. The van der Waals surface area contributed by atoms with Crippen LogP contribution in [0, 0.1) is 6.92 Å². The highest BCUT2D eigenvalue weighted by Crippen LogP contribution is 2.30. The summed E-state index contributed by atoms with van der Waals surface area (Å²) in [4.78, 5) is 44.8. The van der Waals surface area contributed by atoms with Crippen LogP contribution in [-0.2, 0) is 6.54 Å². The van der Waals surface area contributed by atoms with Crippen molar-refractivity contribution in [3.8, 4) is 28.5 Å². The number of methoxy groups -OCH3 is 1. The van der Waals surface area contributed by atoms with E-state index in [9.17, 15) is 14.7 Å². The molecule has 250 valence electrons. The van der Waals surface area contributed by atoms with Gasteiger partial charge in [-0.1, -0.05) is 12.1 Å². The number of aromatic nitrogens is 3. The van der Waals surface area contributed by atoms with E-state index in [4.69, 9.17) is 9.47 Å². The molecule has 3 N–H and O–H groups in total. The average molecular weight is 660 g/mol. The first kappa shape index (κ1) is 33.1. The standard InChI is InChI=1S/C37H37N7O5/c1-24-6-9-28(21-31(24)42-37-39-14-12-30(41-37)27-5-4-13-38-22-27)40-35(46)29-10-7-25(23-44-17-15-43(2)16-18-44)19-33(29)49-36(47)26-8-11-32(45)34(20-26)48-3/h4-14,19-22,45H,15-18,23H2,1-3H3,(H,40,46)(H,39,41,42). The van der Waals surface area contributed by atoms with Crippen LogP contribution in [0.4, 0.5) is 17.3 Å². The van der Waals surface area contributed by atoms with Gasteiger partial charge in [0.1, 0.15) is 5.75 Å². The predicted molar refractivity (Wildman–Crippen MR) is 187 cm³/mol. The summed E-state index contributed by atoms with van der Waals surface area (Å²) in [5.74, 6) is -0.611. The van der Waals surface area contributed by atoms with Gasteiger partial charge in [0.25, 0.3) is 5.91 Å². The molecule has 0 bridgehead atoms. The van der Waals surface area contributed by atoms with Gasteiger partial charge in [0.05, 0.1) is 23.9 Å². The number of hydrogen-bond donors (Lipinski definition) is 3. The van der Waals surface area contributed by atoms with Crippen molar-refractivity contribution < 1.29 is 24.2 Å². The van der Waals surface area contributed by atoms with E-state index in [-0.39, 0.29) is 28.4 Å². The molecule has 5 aromatic rings. The number of likely N-dealkylation sites (N-methyl/N-ethyl adjacent to an activating group) is 1. The van der Waals surface area contributed by atoms with E-state index < -0.39 is 11.9 Å². The van der Waals surface area contributed by atoms with Crippen molar-refractivity contribution >= 4 is 29.2 Å². The van der Waals surface area contributed by atoms with Gasteiger partial charge in [-0.2, -0.15) is 0 Å². The Labute approximate surface area is 284 Å². The number of phenolic OH excluding ortho intramolecular Hbond substituents is 1. The zero-order valence-electron chi connectivity index (χ0n) is 27.5. The Hall–Kier alpha value is -5.85. The molecule has 49 heavy (non-hydrogen) atoms. The Morgan fingerprint density at radius 3 is 2.55 bits per heavy atom. The van der Waals surface area contributed by atoms with Crippen molar-refractivity contribution in [3.05, 3.63) is 114 Å². The number of anilines is 3. The molecular weight excluding hydrogens is 622 g/mol. The Morgan fingerprint density at radius 2 is 1.78 bits per heavy atom. The zero-order valence-corrected chi connectivity index (χ0v) is 27.5. The second-order valence-corrected chi connectivity index (χ2v) is 11.8. The molecule has 2 aromatic heterocycles. The number of benzene rings is 3. The Kier molecular flexibility index (Phi) is 10.1. The number of aryl methyl sites for hydroxylation is 1. The van der Waals surface area contributed by atoms with Crippen LogP contribution in [0.2, 0.25) is 0 Å². The molecular formula is C37H37N7O5. The van der Waals surface area contributed by atoms with Gasteiger partial charge in [0.2, 0.25) is 5.95 Å². The molecule has 12 heteroatoms. The highest BCUT2D eigenvalue weighted by Gasteiger charge is 2.21. The molecule has 0 saturated carbocycles. The number of amides is 1. The van der Waals surface area contributed by atoms with Crippen LogP contribution in [0.5, 0.6) is 17.2 Å². The number of rotatable bonds is 10. The normalized spacial score (nSPS) is 13.4. The first-order valence-corrected chi connectivity index (χ1v) is 15.8. The summed E-state index contributed by atoms with van der Waals surface area (Å²) in [5.41, 5.74) is 4.97. The van der Waals surface area contributed by atoms with Crippen molar-refractivity contribution in [3.63, 3.8) is 0 Å². The molecule has 12 nitrogen and oxygen atoms in total. The summed E-state index contributed by atoms with van der Waals surface area (Å²) in [5, 5.41) is 16.2. The van der Waals surface area contributed by atoms with Gasteiger partial charge in [0, 0.05) is 68.3 Å². The average Bonchev–Trinajstić information content (AvgIpc) is 3.11. The minimum absolute atomic E-state index is 0.104. The van der Waals surface area contributed by atoms with Gasteiger partial charge in [-0.05, 0) is 85.8 Å². The van der Waals surface area contributed by atoms with Gasteiger partial charge >= 0.3 is 5.97 Å². The Morgan fingerprint density at radius 1 is 0.939 bits per heavy atom. The highest BCUT2D eigenvalue weighted by molar-refractivity contribution is 6.07. The number of piperazine rings is 1. The summed E-state index contributed by atoms with van der Waals surface area (Å²) in [6.45, 7) is 6.31. The molecule has 0 unspecified atom stereocenters. The van der Waals surface area contributed by atoms with Crippen LogP contribution in [0.1, 0.15) is 31.8 Å². The lowest BCUT2D eigenvalue weighted by molar-refractivity contribution is 0.0732. The number of hydrogen-bond acceptors (Lipinski definition) is 11. The van der Waals surface area contributed by atoms with Crippen LogP contribution < -0.4 is 20.1 Å². The third-order valence-corrected chi connectivity index (χ3v) is 8.27. The number of carbonyl (C=O) groups is 2. The maximum Gasteiger partial charge on any atom is 0.343 e. The molecule has 1 aliphatic rings. The first-order chi connectivity index (χ1) is 23.7. The van der Waals surface area contributed by atoms with Crippen LogP contribution in [0.15, 0.2) is 91.4 Å². The fourth-order valence-electron chi connectivity index (χ4n) is 5.41. The van der Waals surface area contributed by atoms with E-state index in [0.29, 0.717) is 23.9 Å². The third kappa shape index (κ3) is 8.18. The Bertz CT molecular complexity index is 1960.